The van der Waals surface area contributed by atoms with Gasteiger partial charge >= 0.3 is 5.69 Å². The normalized spacial score (nSPS) is 15.7. The molecule has 3 aromatic heterocycles. The van der Waals surface area contributed by atoms with Crippen molar-refractivity contribution in [1.29, 1.82) is 0 Å². The number of piperidine rings is 1. The monoisotopic (exact) mass is 352 g/mol. The summed E-state index contributed by atoms with van der Waals surface area (Å²) in [6.45, 7) is 7.22. The van der Waals surface area contributed by atoms with E-state index in [1.165, 1.54) is 0 Å². The maximum Gasteiger partial charge on any atom is 0.330 e. The Morgan fingerprint density at radius 1 is 1.12 bits per heavy atom. The van der Waals surface area contributed by atoms with Crippen LogP contribution in [-0.2, 0) is 13.1 Å². The molecule has 26 heavy (non-hydrogen) atoms. The van der Waals surface area contributed by atoms with E-state index in [1.54, 1.807) is 10.8 Å². The van der Waals surface area contributed by atoms with E-state index in [1.807, 2.05) is 42.8 Å². The lowest BCUT2D eigenvalue weighted by molar-refractivity contribution is 0.353. The van der Waals surface area contributed by atoms with Gasteiger partial charge in [-0.05, 0) is 50.8 Å². The molecule has 0 radical (unpaired) electrons. The molecule has 1 fully saturated rings. The van der Waals surface area contributed by atoms with Crippen molar-refractivity contribution in [2.45, 2.75) is 39.8 Å². The van der Waals surface area contributed by atoms with Crippen molar-refractivity contribution in [1.82, 2.24) is 24.1 Å². The van der Waals surface area contributed by atoms with Gasteiger partial charge in [-0.3, -0.25) is 9.13 Å². The number of pyridine rings is 1. The van der Waals surface area contributed by atoms with Crippen LogP contribution in [0.4, 0.5) is 5.82 Å². The number of aryl methyl sites for hydroxylation is 2. The van der Waals surface area contributed by atoms with Crippen LogP contribution >= 0.6 is 0 Å². The third-order valence-corrected chi connectivity index (χ3v) is 5.23. The zero-order valence-electron chi connectivity index (χ0n) is 15.3. The number of nitrogens with zero attached hydrogens (tertiary/aromatic N) is 6. The summed E-state index contributed by atoms with van der Waals surface area (Å²) in [7, 11) is 0. The Labute approximate surface area is 152 Å². The van der Waals surface area contributed by atoms with Crippen molar-refractivity contribution in [3.63, 3.8) is 0 Å². The SMILES string of the molecule is CCn1c(=O)n(CC2CCN(c3ccnc(C)n3)CC2)c2ncccc21. The number of fused-ring (bicyclic) bond motifs is 1. The van der Waals surface area contributed by atoms with Crippen LogP contribution in [0.15, 0.2) is 35.4 Å². The van der Waals surface area contributed by atoms with Gasteiger partial charge in [-0.15, -0.1) is 0 Å². The Morgan fingerprint density at radius 2 is 1.92 bits per heavy atom. The van der Waals surface area contributed by atoms with E-state index in [0.717, 1.165) is 55.3 Å². The van der Waals surface area contributed by atoms with Crippen molar-refractivity contribution >= 4 is 17.0 Å². The Balaban J connectivity index is 1.51. The molecule has 0 amide bonds. The van der Waals surface area contributed by atoms with E-state index in [4.69, 9.17) is 0 Å². The summed E-state index contributed by atoms with van der Waals surface area (Å²) in [6.07, 6.45) is 5.66. The number of rotatable bonds is 4. The summed E-state index contributed by atoms with van der Waals surface area (Å²) in [6, 6.07) is 5.83. The van der Waals surface area contributed by atoms with Crippen LogP contribution in [0.5, 0.6) is 0 Å². The average molecular weight is 352 g/mol. The van der Waals surface area contributed by atoms with Crippen molar-refractivity contribution < 1.29 is 0 Å². The third kappa shape index (κ3) is 2.98. The summed E-state index contributed by atoms with van der Waals surface area (Å²) < 4.78 is 3.66. The van der Waals surface area contributed by atoms with Crippen LogP contribution in [0.25, 0.3) is 11.2 Å². The molecule has 3 aromatic rings. The fraction of sp³-hybridized carbons (Fsp3) is 0.474. The number of imidazole rings is 1. The van der Waals surface area contributed by atoms with Gasteiger partial charge < -0.3 is 4.90 Å². The minimum absolute atomic E-state index is 0.0510. The fourth-order valence-corrected chi connectivity index (χ4v) is 3.84. The van der Waals surface area contributed by atoms with Gasteiger partial charge in [0.1, 0.15) is 11.6 Å². The molecule has 0 bridgehead atoms. The van der Waals surface area contributed by atoms with Crippen molar-refractivity contribution in [3.05, 3.63) is 46.9 Å². The van der Waals surface area contributed by atoms with Gasteiger partial charge in [-0.1, -0.05) is 0 Å². The molecule has 0 N–H and O–H groups in total. The first-order valence-corrected chi connectivity index (χ1v) is 9.26. The Kier molecular flexibility index (Phi) is 4.44. The van der Waals surface area contributed by atoms with E-state index in [0.29, 0.717) is 12.5 Å². The second-order valence-electron chi connectivity index (χ2n) is 6.88. The predicted molar refractivity (Wildman–Crippen MR) is 101 cm³/mol. The van der Waals surface area contributed by atoms with Crippen LogP contribution in [0.1, 0.15) is 25.6 Å². The minimum atomic E-state index is 0.0510. The molecule has 4 rings (SSSR count). The molecule has 0 atom stereocenters. The van der Waals surface area contributed by atoms with Gasteiger partial charge in [-0.25, -0.2) is 19.7 Å². The molecule has 7 nitrogen and oxygen atoms in total. The first-order valence-electron chi connectivity index (χ1n) is 9.26. The third-order valence-electron chi connectivity index (χ3n) is 5.23. The molecule has 0 aliphatic carbocycles. The van der Waals surface area contributed by atoms with Gasteiger partial charge in [0.05, 0.1) is 5.52 Å². The van der Waals surface area contributed by atoms with Gasteiger partial charge in [-0.2, -0.15) is 0 Å². The highest BCUT2D eigenvalue weighted by atomic mass is 16.1. The van der Waals surface area contributed by atoms with Crippen molar-refractivity contribution in [2.24, 2.45) is 5.92 Å². The Bertz CT molecular complexity index is 968. The summed E-state index contributed by atoms with van der Waals surface area (Å²) in [5, 5.41) is 0. The molecule has 1 aliphatic rings. The van der Waals surface area contributed by atoms with Crippen LogP contribution in [0.3, 0.4) is 0 Å². The lowest BCUT2D eigenvalue weighted by Crippen LogP contribution is -2.37. The largest absolute Gasteiger partial charge is 0.356 e. The van der Waals surface area contributed by atoms with Gasteiger partial charge in [0.25, 0.3) is 0 Å². The molecule has 4 heterocycles. The number of aromatic nitrogens is 5. The quantitative estimate of drug-likeness (QED) is 0.720. The molecular formula is C19H24N6O. The van der Waals surface area contributed by atoms with Crippen LogP contribution in [0, 0.1) is 12.8 Å². The minimum Gasteiger partial charge on any atom is -0.356 e. The molecule has 0 aromatic carbocycles. The van der Waals surface area contributed by atoms with E-state index in [-0.39, 0.29) is 5.69 Å². The van der Waals surface area contributed by atoms with Gasteiger partial charge in [0, 0.05) is 38.6 Å². The molecule has 1 saturated heterocycles. The zero-order valence-corrected chi connectivity index (χ0v) is 15.3. The Hall–Kier alpha value is -2.70. The van der Waals surface area contributed by atoms with E-state index in [9.17, 15) is 4.79 Å². The van der Waals surface area contributed by atoms with E-state index >= 15 is 0 Å². The number of anilines is 1. The molecule has 7 heteroatoms. The maximum atomic E-state index is 12.8. The van der Waals surface area contributed by atoms with E-state index < -0.39 is 0 Å². The van der Waals surface area contributed by atoms with Gasteiger partial charge in [0.2, 0.25) is 0 Å². The second kappa shape index (κ2) is 6.90. The van der Waals surface area contributed by atoms with Crippen molar-refractivity contribution in [3.8, 4) is 0 Å². The highest BCUT2D eigenvalue weighted by molar-refractivity contribution is 5.71. The highest BCUT2D eigenvalue weighted by Gasteiger charge is 2.23. The summed E-state index contributed by atoms with van der Waals surface area (Å²) in [5.41, 5.74) is 1.78. The van der Waals surface area contributed by atoms with Crippen LogP contribution in [-0.4, -0.2) is 37.2 Å². The lowest BCUT2D eigenvalue weighted by Gasteiger charge is -2.32. The molecular weight excluding hydrogens is 328 g/mol. The zero-order chi connectivity index (χ0) is 18.1. The topological polar surface area (TPSA) is 68.8 Å². The Morgan fingerprint density at radius 3 is 2.65 bits per heavy atom. The first kappa shape index (κ1) is 16.8. The van der Waals surface area contributed by atoms with Crippen LogP contribution < -0.4 is 10.6 Å². The molecule has 136 valence electrons. The molecule has 0 unspecified atom stereocenters. The predicted octanol–water partition coefficient (Wildman–Crippen LogP) is 2.23. The first-order chi connectivity index (χ1) is 12.7. The maximum absolute atomic E-state index is 12.8. The highest BCUT2D eigenvalue weighted by Crippen LogP contribution is 2.23. The summed E-state index contributed by atoms with van der Waals surface area (Å²) >= 11 is 0. The van der Waals surface area contributed by atoms with Crippen molar-refractivity contribution in [2.75, 3.05) is 18.0 Å². The standard InChI is InChI=1S/C19H24N6O/c1-3-24-16-5-4-9-21-18(16)25(19(24)26)13-15-7-11-23(12-8-15)17-6-10-20-14(2)22-17/h4-6,9-10,15H,3,7-8,11-13H2,1-2H3. The molecule has 0 saturated carbocycles. The summed E-state index contributed by atoms with van der Waals surface area (Å²) in [4.78, 5) is 28.2. The van der Waals surface area contributed by atoms with E-state index in [2.05, 4.69) is 19.9 Å². The number of hydrogen-bond acceptors (Lipinski definition) is 5. The molecule has 1 aliphatic heterocycles. The lowest BCUT2D eigenvalue weighted by atomic mass is 9.96. The number of hydrogen-bond donors (Lipinski definition) is 0. The second-order valence-corrected chi connectivity index (χ2v) is 6.88. The van der Waals surface area contributed by atoms with Crippen LogP contribution in [0.2, 0.25) is 0 Å². The smallest absolute Gasteiger partial charge is 0.330 e. The fourth-order valence-electron chi connectivity index (χ4n) is 3.84. The molecule has 0 spiro atoms. The average Bonchev–Trinajstić information content (AvgIpc) is 2.94. The summed E-state index contributed by atoms with van der Waals surface area (Å²) in [5.74, 6) is 2.27. The van der Waals surface area contributed by atoms with Gasteiger partial charge in [0.15, 0.2) is 5.65 Å².